The summed E-state index contributed by atoms with van der Waals surface area (Å²) in [5.74, 6) is 0.836. The highest BCUT2D eigenvalue weighted by atomic mass is 16.5. The molecule has 0 fully saturated rings. The normalized spacial score (nSPS) is 12.2. The lowest BCUT2D eigenvalue weighted by Crippen LogP contribution is -2.04. The number of hydrogen-bond donors (Lipinski definition) is 1. The van der Waals surface area contributed by atoms with Crippen molar-refractivity contribution >= 4 is 0 Å². The molecule has 1 aromatic carbocycles. The molecule has 0 saturated carbocycles. The highest BCUT2D eigenvalue weighted by Crippen LogP contribution is 2.17. The molecule has 0 aliphatic heterocycles. The number of benzene rings is 1. The van der Waals surface area contributed by atoms with E-state index in [0.29, 0.717) is 6.61 Å². The van der Waals surface area contributed by atoms with E-state index in [1.54, 1.807) is 0 Å². The molecule has 1 aromatic heterocycles. The topological polar surface area (TPSA) is 48.1 Å². The SMILES string of the molecule is Cc1cccc(COc2ccc(C(C)N)cc2)n1. The van der Waals surface area contributed by atoms with E-state index < -0.39 is 0 Å². The maximum absolute atomic E-state index is 5.79. The number of pyridine rings is 1. The maximum atomic E-state index is 5.79. The molecule has 2 aromatic rings. The van der Waals surface area contributed by atoms with Gasteiger partial charge >= 0.3 is 0 Å². The fourth-order valence-electron chi connectivity index (χ4n) is 1.70. The number of nitrogens with two attached hydrogens (primary N) is 1. The summed E-state index contributed by atoms with van der Waals surface area (Å²) in [5, 5.41) is 0. The maximum Gasteiger partial charge on any atom is 0.130 e. The van der Waals surface area contributed by atoms with Gasteiger partial charge in [0.2, 0.25) is 0 Å². The van der Waals surface area contributed by atoms with E-state index in [1.807, 2.05) is 56.3 Å². The minimum Gasteiger partial charge on any atom is -0.487 e. The van der Waals surface area contributed by atoms with Crippen LogP contribution in [0.2, 0.25) is 0 Å². The molecule has 2 rings (SSSR count). The smallest absolute Gasteiger partial charge is 0.130 e. The molecule has 3 nitrogen and oxygen atoms in total. The predicted octanol–water partition coefficient (Wildman–Crippen LogP) is 2.99. The van der Waals surface area contributed by atoms with Gasteiger partial charge < -0.3 is 10.5 Å². The molecule has 0 spiro atoms. The van der Waals surface area contributed by atoms with Crippen LogP contribution in [0.25, 0.3) is 0 Å². The van der Waals surface area contributed by atoms with E-state index in [9.17, 15) is 0 Å². The van der Waals surface area contributed by atoms with Gasteiger partial charge in [-0.15, -0.1) is 0 Å². The Labute approximate surface area is 108 Å². The van der Waals surface area contributed by atoms with Crippen molar-refractivity contribution in [2.75, 3.05) is 0 Å². The second kappa shape index (κ2) is 5.65. The largest absolute Gasteiger partial charge is 0.487 e. The minimum atomic E-state index is 0.0532. The van der Waals surface area contributed by atoms with Crippen LogP contribution in [-0.4, -0.2) is 4.98 Å². The van der Waals surface area contributed by atoms with Crippen LogP contribution in [0.3, 0.4) is 0 Å². The van der Waals surface area contributed by atoms with E-state index in [1.165, 1.54) is 0 Å². The van der Waals surface area contributed by atoms with E-state index >= 15 is 0 Å². The number of aryl methyl sites for hydroxylation is 1. The molecule has 94 valence electrons. The van der Waals surface area contributed by atoms with Crippen molar-refractivity contribution in [3.8, 4) is 5.75 Å². The molecular formula is C15H18N2O. The van der Waals surface area contributed by atoms with Crippen molar-refractivity contribution in [3.05, 3.63) is 59.4 Å². The standard InChI is InChI=1S/C15H18N2O/c1-11-4-3-5-14(17-11)10-18-15-8-6-13(7-9-15)12(2)16/h3-9,12H,10,16H2,1-2H3. The van der Waals surface area contributed by atoms with Gasteiger partial charge in [0, 0.05) is 11.7 Å². The zero-order valence-electron chi connectivity index (χ0n) is 10.8. The molecular weight excluding hydrogens is 224 g/mol. The first-order valence-electron chi connectivity index (χ1n) is 6.06. The third-order valence-electron chi connectivity index (χ3n) is 2.74. The molecule has 0 aliphatic carbocycles. The highest BCUT2D eigenvalue weighted by molar-refractivity contribution is 5.28. The molecule has 0 aliphatic rings. The lowest BCUT2D eigenvalue weighted by Gasteiger charge is -2.09. The molecule has 0 bridgehead atoms. The van der Waals surface area contributed by atoms with Crippen LogP contribution in [0.1, 0.15) is 29.9 Å². The van der Waals surface area contributed by atoms with Gasteiger partial charge in [-0.25, -0.2) is 0 Å². The first kappa shape index (κ1) is 12.6. The van der Waals surface area contributed by atoms with E-state index in [-0.39, 0.29) is 6.04 Å². The van der Waals surface area contributed by atoms with Crippen molar-refractivity contribution < 1.29 is 4.74 Å². The second-order valence-corrected chi connectivity index (χ2v) is 4.42. The van der Waals surface area contributed by atoms with Crippen molar-refractivity contribution in [3.63, 3.8) is 0 Å². The number of aromatic nitrogens is 1. The summed E-state index contributed by atoms with van der Waals surface area (Å²) in [6.45, 7) is 4.42. The molecule has 1 atom stereocenters. The van der Waals surface area contributed by atoms with Gasteiger partial charge in [-0.2, -0.15) is 0 Å². The molecule has 1 unspecified atom stereocenters. The lowest BCUT2D eigenvalue weighted by atomic mass is 10.1. The monoisotopic (exact) mass is 242 g/mol. The molecule has 18 heavy (non-hydrogen) atoms. The van der Waals surface area contributed by atoms with Crippen LogP contribution in [0.5, 0.6) is 5.75 Å². The number of ether oxygens (including phenoxy) is 1. The Morgan fingerprint density at radius 2 is 1.89 bits per heavy atom. The molecule has 1 heterocycles. The number of nitrogens with zero attached hydrogens (tertiary/aromatic N) is 1. The van der Waals surface area contributed by atoms with Crippen LogP contribution in [-0.2, 0) is 6.61 Å². The third kappa shape index (κ3) is 3.31. The Morgan fingerprint density at radius 3 is 2.50 bits per heavy atom. The predicted molar refractivity (Wildman–Crippen MR) is 72.4 cm³/mol. The third-order valence-corrected chi connectivity index (χ3v) is 2.74. The van der Waals surface area contributed by atoms with Gasteiger partial charge in [-0.05, 0) is 43.7 Å². The number of hydrogen-bond acceptors (Lipinski definition) is 3. The fraction of sp³-hybridized carbons (Fsp3) is 0.267. The first-order chi connectivity index (χ1) is 8.65. The zero-order chi connectivity index (χ0) is 13.0. The molecule has 0 saturated heterocycles. The highest BCUT2D eigenvalue weighted by Gasteiger charge is 2.00. The van der Waals surface area contributed by atoms with E-state index in [0.717, 1.165) is 22.7 Å². The summed E-state index contributed by atoms with van der Waals surface area (Å²) in [7, 11) is 0. The summed E-state index contributed by atoms with van der Waals surface area (Å²) in [6, 6.07) is 13.8. The fourth-order valence-corrected chi connectivity index (χ4v) is 1.70. The summed E-state index contributed by atoms with van der Waals surface area (Å²) in [5.41, 5.74) is 8.84. The molecule has 2 N–H and O–H groups in total. The Kier molecular flexibility index (Phi) is 3.95. The van der Waals surface area contributed by atoms with E-state index in [4.69, 9.17) is 10.5 Å². The first-order valence-corrected chi connectivity index (χ1v) is 6.06. The quantitative estimate of drug-likeness (QED) is 0.896. The Hall–Kier alpha value is -1.87. The molecule has 3 heteroatoms. The summed E-state index contributed by atoms with van der Waals surface area (Å²) >= 11 is 0. The lowest BCUT2D eigenvalue weighted by molar-refractivity contribution is 0.301. The van der Waals surface area contributed by atoms with Crippen LogP contribution in [0.4, 0.5) is 0 Å². The minimum absolute atomic E-state index is 0.0532. The van der Waals surface area contributed by atoms with Crippen LogP contribution in [0.15, 0.2) is 42.5 Å². The summed E-state index contributed by atoms with van der Waals surface area (Å²) < 4.78 is 5.68. The van der Waals surface area contributed by atoms with E-state index in [2.05, 4.69) is 4.98 Å². The van der Waals surface area contributed by atoms with Crippen molar-refractivity contribution in [2.24, 2.45) is 5.73 Å². The Morgan fingerprint density at radius 1 is 1.17 bits per heavy atom. The van der Waals surface area contributed by atoms with Crippen LogP contribution >= 0.6 is 0 Å². The van der Waals surface area contributed by atoms with Gasteiger partial charge in [0.25, 0.3) is 0 Å². The van der Waals surface area contributed by atoms with Crippen LogP contribution in [0, 0.1) is 6.92 Å². The van der Waals surface area contributed by atoms with Gasteiger partial charge in [-0.1, -0.05) is 18.2 Å². The van der Waals surface area contributed by atoms with Crippen molar-refractivity contribution in [1.82, 2.24) is 4.98 Å². The summed E-state index contributed by atoms with van der Waals surface area (Å²) in [4.78, 5) is 4.39. The molecule has 0 radical (unpaired) electrons. The van der Waals surface area contributed by atoms with Gasteiger partial charge in [0.1, 0.15) is 12.4 Å². The van der Waals surface area contributed by atoms with Gasteiger partial charge in [0.05, 0.1) is 5.69 Å². The Balaban J connectivity index is 1.98. The van der Waals surface area contributed by atoms with Crippen LogP contribution < -0.4 is 10.5 Å². The summed E-state index contributed by atoms with van der Waals surface area (Å²) in [6.07, 6.45) is 0. The zero-order valence-corrected chi connectivity index (χ0v) is 10.8. The number of rotatable bonds is 4. The average molecular weight is 242 g/mol. The van der Waals surface area contributed by atoms with Crippen molar-refractivity contribution in [1.29, 1.82) is 0 Å². The van der Waals surface area contributed by atoms with Gasteiger partial charge in [-0.3, -0.25) is 4.98 Å². The average Bonchev–Trinajstić information content (AvgIpc) is 2.37. The Bertz CT molecular complexity index is 506. The second-order valence-electron chi connectivity index (χ2n) is 4.42. The van der Waals surface area contributed by atoms with Gasteiger partial charge in [0.15, 0.2) is 0 Å². The van der Waals surface area contributed by atoms with Crippen molar-refractivity contribution in [2.45, 2.75) is 26.5 Å². The molecule has 0 amide bonds.